The van der Waals surface area contributed by atoms with Crippen LogP contribution in [0, 0.1) is 5.92 Å². The normalized spacial score (nSPS) is 12.1. The Kier molecular flexibility index (Phi) is 9.74. The topological polar surface area (TPSA) is 50.7 Å². The monoisotopic (exact) mass is 371 g/mol. The van der Waals surface area contributed by atoms with Crippen LogP contribution in [0.25, 0.3) is 0 Å². The maximum absolute atomic E-state index is 9.93. The van der Waals surface area contributed by atoms with Crippen molar-refractivity contribution in [3.8, 4) is 11.5 Å². The van der Waals surface area contributed by atoms with Gasteiger partial charge in [0.05, 0.1) is 0 Å². The molecule has 2 aromatic carbocycles. The maximum Gasteiger partial charge on any atom is 0.119 e. The van der Waals surface area contributed by atoms with Gasteiger partial charge >= 0.3 is 0 Å². The Morgan fingerprint density at radius 3 is 2.33 bits per heavy atom. The van der Waals surface area contributed by atoms with Crippen LogP contribution in [0.2, 0.25) is 0 Å². The summed E-state index contributed by atoms with van der Waals surface area (Å²) >= 11 is 0. The number of aliphatic hydroxyl groups is 1. The standard InChI is InChI=1S/C23H33NO3/c1-19(2)7-6-8-20-11-13-23(14-12-20)26-16-15-24-17-21(25)18-27-22-9-4-3-5-10-22/h3-5,9-14,19,21,24-25H,6-8,15-18H2,1-2H3. The van der Waals surface area contributed by atoms with E-state index in [2.05, 4.69) is 31.3 Å². The van der Waals surface area contributed by atoms with E-state index in [1.54, 1.807) is 0 Å². The fourth-order valence-electron chi connectivity index (χ4n) is 2.74. The third kappa shape index (κ3) is 9.45. The Bertz CT molecular complexity index is 613. The van der Waals surface area contributed by atoms with Crippen LogP contribution in [0.15, 0.2) is 54.6 Å². The molecule has 0 spiro atoms. The second-order valence-corrected chi connectivity index (χ2v) is 7.26. The first-order valence-corrected chi connectivity index (χ1v) is 9.92. The molecule has 0 aliphatic heterocycles. The minimum atomic E-state index is -0.546. The van der Waals surface area contributed by atoms with Crippen LogP contribution in [-0.2, 0) is 6.42 Å². The van der Waals surface area contributed by atoms with Crippen molar-refractivity contribution in [2.24, 2.45) is 5.92 Å². The van der Waals surface area contributed by atoms with Crippen LogP contribution in [0.1, 0.15) is 32.3 Å². The highest BCUT2D eigenvalue weighted by molar-refractivity contribution is 5.27. The average Bonchev–Trinajstić information content (AvgIpc) is 2.68. The molecule has 27 heavy (non-hydrogen) atoms. The van der Waals surface area contributed by atoms with Crippen LogP contribution >= 0.6 is 0 Å². The van der Waals surface area contributed by atoms with Crippen LogP contribution in [0.4, 0.5) is 0 Å². The molecule has 0 saturated heterocycles. The quantitative estimate of drug-likeness (QED) is 0.521. The lowest BCUT2D eigenvalue weighted by Gasteiger charge is -2.13. The van der Waals surface area contributed by atoms with Crippen LogP contribution in [0.5, 0.6) is 11.5 Å². The molecule has 148 valence electrons. The molecule has 0 heterocycles. The molecular formula is C23H33NO3. The third-order valence-electron chi connectivity index (χ3n) is 4.28. The largest absolute Gasteiger partial charge is 0.492 e. The van der Waals surface area contributed by atoms with Gasteiger partial charge in [-0.2, -0.15) is 0 Å². The predicted molar refractivity (Wildman–Crippen MR) is 111 cm³/mol. The lowest BCUT2D eigenvalue weighted by molar-refractivity contribution is 0.105. The van der Waals surface area contributed by atoms with Gasteiger partial charge in [-0.15, -0.1) is 0 Å². The van der Waals surface area contributed by atoms with Crippen molar-refractivity contribution in [2.75, 3.05) is 26.3 Å². The van der Waals surface area contributed by atoms with Gasteiger partial charge in [0, 0.05) is 13.1 Å². The van der Waals surface area contributed by atoms with E-state index in [1.807, 2.05) is 42.5 Å². The number of nitrogens with one attached hydrogen (secondary N) is 1. The van der Waals surface area contributed by atoms with Gasteiger partial charge in [-0.25, -0.2) is 0 Å². The Balaban J connectivity index is 1.53. The summed E-state index contributed by atoms with van der Waals surface area (Å²) in [4.78, 5) is 0. The molecular weight excluding hydrogens is 338 g/mol. The molecule has 0 aromatic heterocycles. The van der Waals surface area contributed by atoms with E-state index >= 15 is 0 Å². The van der Waals surface area contributed by atoms with E-state index in [-0.39, 0.29) is 6.61 Å². The molecule has 2 rings (SSSR count). The SMILES string of the molecule is CC(C)CCCc1ccc(OCCNCC(O)COc2ccccc2)cc1. The summed E-state index contributed by atoms with van der Waals surface area (Å²) in [5.74, 6) is 2.42. The second kappa shape index (κ2) is 12.4. The zero-order valence-electron chi connectivity index (χ0n) is 16.6. The lowest BCUT2D eigenvalue weighted by Crippen LogP contribution is -2.33. The Hall–Kier alpha value is -2.04. The summed E-state index contributed by atoms with van der Waals surface area (Å²) in [5.41, 5.74) is 1.36. The summed E-state index contributed by atoms with van der Waals surface area (Å²) in [6.07, 6.45) is 3.09. The summed E-state index contributed by atoms with van der Waals surface area (Å²) in [6.45, 7) is 6.53. The van der Waals surface area contributed by atoms with Crippen LogP contribution in [0.3, 0.4) is 0 Å². The first-order valence-electron chi connectivity index (χ1n) is 9.92. The number of rotatable bonds is 13. The molecule has 2 N–H and O–H groups in total. The maximum atomic E-state index is 9.93. The van der Waals surface area contributed by atoms with Gasteiger partial charge in [-0.3, -0.25) is 0 Å². The Morgan fingerprint density at radius 1 is 0.926 bits per heavy atom. The molecule has 0 aliphatic rings. The molecule has 1 atom stereocenters. The summed E-state index contributed by atoms with van der Waals surface area (Å²) in [6, 6.07) is 17.9. The van der Waals surface area contributed by atoms with Crippen LogP contribution < -0.4 is 14.8 Å². The number of ether oxygens (including phenoxy) is 2. The van der Waals surface area contributed by atoms with Gasteiger partial charge in [-0.05, 0) is 48.6 Å². The van der Waals surface area contributed by atoms with E-state index in [9.17, 15) is 5.11 Å². The minimum absolute atomic E-state index is 0.274. The van der Waals surface area contributed by atoms with Crippen LogP contribution in [-0.4, -0.2) is 37.5 Å². The fraction of sp³-hybridized carbons (Fsp3) is 0.478. The lowest BCUT2D eigenvalue weighted by atomic mass is 10.0. The van der Waals surface area contributed by atoms with E-state index in [0.717, 1.165) is 23.8 Å². The van der Waals surface area contributed by atoms with Crippen molar-refractivity contribution in [1.82, 2.24) is 5.32 Å². The average molecular weight is 372 g/mol. The van der Waals surface area contributed by atoms with Crippen molar-refractivity contribution in [2.45, 2.75) is 39.2 Å². The number of aryl methyl sites for hydroxylation is 1. The first-order chi connectivity index (χ1) is 13.1. The number of aliphatic hydroxyl groups excluding tert-OH is 1. The van der Waals surface area contributed by atoms with E-state index in [4.69, 9.17) is 9.47 Å². The number of hydrogen-bond donors (Lipinski definition) is 2. The molecule has 1 unspecified atom stereocenters. The van der Waals surface area contributed by atoms with Gasteiger partial charge in [0.2, 0.25) is 0 Å². The molecule has 2 aromatic rings. The Morgan fingerprint density at radius 2 is 1.63 bits per heavy atom. The van der Waals surface area contributed by atoms with Crippen molar-refractivity contribution < 1.29 is 14.6 Å². The zero-order valence-corrected chi connectivity index (χ0v) is 16.6. The first kappa shape index (κ1) is 21.3. The molecule has 0 radical (unpaired) electrons. The van der Waals surface area contributed by atoms with E-state index < -0.39 is 6.10 Å². The van der Waals surface area contributed by atoms with Crippen molar-refractivity contribution in [1.29, 1.82) is 0 Å². The molecule has 4 nitrogen and oxygen atoms in total. The molecule has 0 saturated carbocycles. The smallest absolute Gasteiger partial charge is 0.119 e. The van der Waals surface area contributed by atoms with Crippen molar-refractivity contribution in [3.63, 3.8) is 0 Å². The van der Waals surface area contributed by atoms with Gasteiger partial charge in [0.15, 0.2) is 0 Å². The predicted octanol–water partition coefficient (Wildman–Crippen LogP) is 4.07. The van der Waals surface area contributed by atoms with Gasteiger partial charge in [0.1, 0.15) is 30.8 Å². The van der Waals surface area contributed by atoms with Crippen molar-refractivity contribution >= 4 is 0 Å². The summed E-state index contributed by atoms with van der Waals surface area (Å²) in [7, 11) is 0. The summed E-state index contributed by atoms with van der Waals surface area (Å²) in [5, 5.41) is 13.1. The van der Waals surface area contributed by atoms with Gasteiger partial charge < -0.3 is 19.9 Å². The van der Waals surface area contributed by atoms with Gasteiger partial charge in [-0.1, -0.05) is 50.6 Å². The molecule has 4 heteroatoms. The molecule has 0 fully saturated rings. The van der Waals surface area contributed by atoms with Gasteiger partial charge in [0.25, 0.3) is 0 Å². The third-order valence-corrected chi connectivity index (χ3v) is 4.28. The number of hydrogen-bond acceptors (Lipinski definition) is 4. The molecule has 0 aliphatic carbocycles. The number of para-hydroxylation sites is 1. The fourth-order valence-corrected chi connectivity index (χ4v) is 2.74. The Labute approximate surface area is 163 Å². The van der Waals surface area contributed by atoms with E-state index in [1.165, 1.54) is 18.4 Å². The highest BCUT2D eigenvalue weighted by Gasteiger charge is 2.04. The molecule has 0 amide bonds. The highest BCUT2D eigenvalue weighted by atomic mass is 16.5. The van der Waals surface area contributed by atoms with Crippen molar-refractivity contribution in [3.05, 3.63) is 60.2 Å². The zero-order chi connectivity index (χ0) is 19.3. The number of benzene rings is 2. The molecule has 0 bridgehead atoms. The highest BCUT2D eigenvalue weighted by Crippen LogP contribution is 2.15. The summed E-state index contributed by atoms with van der Waals surface area (Å²) < 4.78 is 11.3. The minimum Gasteiger partial charge on any atom is -0.492 e. The van der Waals surface area contributed by atoms with E-state index in [0.29, 0.717) is 19.7 Å². The second-order valence-electron chi connectivity index (χ2n) is 7.26.